The molecule has 0 aliphatic carbocycles. The monoisotopic (exact) mass is 847 g/mol. The number of carbonyl (C=O) groups is 7. The molecule has 0 spiro atoms. The number of ether oxygens (including phenoxy) is 5. The fraction of sp³-hybridized carbons (Fsp3) is 0.444. The summed E-state index contributed by atoms with van der Waals surface area (Å²) in [4.78, 5) is 92.9. The van der Waals surface area contributed by atoms with Gasteiger partial charge in [0.1, 0.15) is 42.8 Å². The van der Waals surface area contributed by atoms with Gasteiger partial charge in [0.25, 0.3) is 11.8 Å². The molecule has 2 aromatic rings. The lowest BCUT2D eigenvalue weighted by molar-refractivity contribution is -0.182. The number of fused-ring (bicyclic) bond motifs is 1. The van der Waals surface area contributed by atoms with Gasteiger partial charge in [0, 0.05) is 50.8 Å². The molecule has 5 amide bonds. The van der Waals surface area contributed by atoms with Crippen molar-refractivity contribution < 1.29 is 70.9 Å². The van der Waals surface area contributed by atoms with Crippen molar-refractivity contribution in [2.24, 2.45) is 10.9 Å². The molecular weight excluding hydrogens is 805 g/mol. The number of esters is 2. The minimum Gasteiger partial charge on any atom is -0.472 e. The van der Waals surface area contributed by atoms with Crippen molar-refractivity contribution in [1.82, 2.24) is 15.5 Å². The third-order valence-electron chi connectivity index (χ3n) is 8.76. The highest BCUT2D eigenvalue weighted by Gasteiger charge is 2.55. The Bertz CT molecular complexity index is 1990. The van der Waals surface area contributed by atoms with Gasteiger partial charge in [0.2, 0.25) is 12.2 Å². The highest BCUT2D eigenvalue weighted by Crippen LogP contribution is 2.41. The molecule has 5 heterocycles. The Morgan fingerprint density at radius 1 is 1.10 bits per heavy atom. The van der Waals surface area contributed by atoms with Gasteiger partial charge in [-0.05, 0) is 24.3 Å². The van der Waals surface area contributed by atoms with Crippen molar-refractivity contribution in [2.75, 3.05) is 68.7 Å². The first-order valence-corrected chi connectivity index (χ1v) is 19.0. The summed E-state index contributed by atoms with van der Waals surface area (Å²) in [5.41, 5.74) is 6.25. The number of amides is 5. The maximum atomic E-state index is 14.4. The number of nitrogens with one attached hydrogen (secondary N) is 2. The molecule has 4 atom stereocenters. The van der Waals surface area contributed by atoms with E-state index in [1.165, 1.54) is 62.3 Å². The molecule has 318 valence electrons. The molecule has 3 fully saturated rings. The van der Waals surface area contributed by atoms with Gasteiger partial charge in [0.15, 0.2) is 5.71 Å². The Kier molecular flexibility index (Phi) is 14.7. The number of hydrogen-bond donors (Lipinski definition) is 3. The van der Waals surface area contributed by atoms with Crippen LogP contribution in [-0.4, -0.2) is 135 Å². The molecule has 1 unspecified atom stereocenters. The van der Waals surface area contributed by atoms with Gasteiger partial charge in [-0.15, -0.1) is 11.8 Å². The fourth-order valence-corrected chi connectivity index (χ4v) is 7.48. The average Bonchev–Trinajstić information content (AvgIpc) is 3.87. The van der Waals surface area contributed by atoms with E-state index < -0.39 is 59.7 Å². The lowest BCUT2D eigenvalue weighted by atomic mass is 10.0. The zero-order chi connectivity index (χ0) is 42.8. The molecule has 0 radical (unpaired) electrons. The van der Waals surface area contributed by atoms with Gasteiger partial charge in [-0.3, -0.25) is 29.0 Å². The van der Waals surface area contributed by atoms with Crippen LogP contribution < -0.4 is 26.2 Å². The second-order valence-corrected chi connectivity index (χ2v) is 14.0. The van der Waals surface area contributed by atoms with E-state index in [0.717, 1.165) is 11.8 Å². The standard InChI is InChI=1S/C20H22N4O10S.C16H20FN3O4/c1-9(25)33-10(2)34-19(28)15-12(7-32-20(21)29)8-35-18-14(17(27)24(15)18)22-16(26)13(23-30-3)11-4-5-31-6-11;1-11(21)18-9-13-10-20(16(22)24-13)12-2-3-15(14(17)8-12)19-4-6-23-7-5-19/h4-6,10,14,18H,7-8H2,1-3H3,(H2,21,29)(H,22,26);2-3,8,13H,4-7,9-10H2,1H3,(H,18,21)/b23-13-;/t10?,14-,18-;13-/m10/s1. The molecule has 3 saturated heterocycles. The van der Waals surface area contributed by atoms with Gasteiger partial charge < -0.3 is 54.2 Å². The number of primary amides is 1. The molecule has 0 saturated carbocycles. The van der Waals surface area contributed by atoms with Crippen molar-refractivity contribution in [2.45, 2.75) is 44.6 Å². The fourth-order valence-electron chi connectivity index (χ4n) is 6.15. The molecule has 1 aromatic heterocycles. The number of anilines is 2. The van der Waals surface area contributed by atoms with Gasteiger partial charge in [-0.2, -0.15) is 0 Å². The van der Waals surface area contributed by atoms with Gasteiger partial charge in [0.05, 0.1) is 50.2 Å². The number of furan rings is 1. The summed E-state index contributed by atoms with van der Waals surface area (Å²) in [5, 5.41) is 8.20. The van der Waals surface area contributed by atoms with Crippen LogP contribution in [-0.2, 0) is 52.5 Å². The predicted octanol–water partition coefficient (Wildman–Crippen LogP) is 0.955. The molecule has 59 heavy (non-hydrogen) atoms. The number of hydrogen-bond acceptors (Lipinski definition) is 17. The summed E-state index contributed by atoms with van der Waals surface area (Å²) in [6, 6.07) is 5.20. The number of cyclic esters (lactones) is 1. The minimum absolute atomic E-state index is 0.116. The highest BCUT2D eigenvalue weighted by molar-refractivity contribution is 8.00. The van der Waals surface area contributed by atoms with Gasteiger partial charge >= 0.3 is 24.1 Å². The number of carbonyl (C=O) groups excluding carboxylic acids is 7. The highest BCUT2D eigenvalue weighted by atomic mass is 32.2. The first-order valence-electron chi connectivity index (χ1n) is 17.9. The number of halogens is 1. The number of thioether (sulfide) groups is 1. The zero-order valence-corrected chi connectivity index (χ0v) is 33.1. The van der Waals surface area contributed by atoms with Crippen LogP contribution >= 0.6 is 11.8 Å². The number of nitrogens with zero attached hydrogens (tertiary/aromatic N) is 4. The molecule has 23 heteroatoms. The molecule has 4 aliphatic rings. The Morgan fingerprint density at radius 3 is 2.47 bits per heavy atom. The summed E-state index contributed by atoms with van der Waals surface area (Å²) >= 11 is 1.22. The Morgan fingerprint density at radius 2 is 1.85 bits per heavy atom. The summed E-state index contributed by atoms with van der Waals surface area (Å²) in [6.45, 7) is 6.43. The van der Waals surface area contributed by atoms with Crippen LogP contribution in [0.3, 0.4) is 0 Å². The van der Waals surface area contributed by atoms with E-state index in [2.05, 4.69) is 15.8 Å². The first kappa shape index (κ1) is 43.8. The van der Waals surface area contributed by atoms with E-state index in [0.29, 0.717) is 43.2 Å². The largest absolute Gasteiger partial charge is 0.472 e. The molecule has 0 bridgehead atoms. The maximum absolute atomic E-state index is 14.4. The number of rotatable bonds is 13. The number of nitrogens with two attached hydrogens (primary N) is 1. The van der Waals surface area contributed by atoms with Crippen molar-refractivity contribution >= 4 is 70.7 Å². The van der Waals surface area contributed by atoms with Gasteiger partial charge in [-0.25, -0.2) is 18.8 Å². The number of benzene rings is 1. The molecule has 4 aliphatic heterocycles. The van der Waals surface area contributed by atoms with Crippen LogP contribution in [0, 0.1) is 5.82 Å². The minimum atomic E-state index is -1.24. The molecule has 6 rings (SSSR count). The van der Waals surface area contributed by atoms with Crippen molar-refractivity contribution in [3.63, 3.8) is 0 Å². The molecule has 21 nitrogen and oxygen atoms in total. The summed E-state index contributed by atoms with van der Waals surface area (Å²) < 4.78 is 44.6. The topological polar surface area (TPSA) is 260 Å². The lowest BCUT2D eigenvalue weighted by Crippen LogP contribution is -2.71. The Hall–Kier alpha value is -6.36. The van der Waals surface area contributed by atoms with E-state index in [-0.39, 0.29) is 54.2 Å². The third-order valence-corrected chi connectivity index (χ3v) is 10.1. The normalized spacial score (nSPS) is 20.5. The smallest absolute Gasteiger partial charge is 0.414 e. The van der Waals surface area contributed by atoms with E-state index in [4.69, 9.17) is 38.7 Å². The second kappa shape index (κ2) is 19.9. The van der Waals surface area contributed by atoms with Crippen LogP contribution in [0.25, 0.3) is 0 Å². The van der Waals surface area contributed by atoms with E-state index >= 15 is 0 Å². The zero-order valence-electron chi connectivity index (χ0n) is 32.3. The molecule has 1 aromatic carbocycles. The van der Waals surface area contributed by atoms with Crippen molar-refractivity contribution in [3.05, 3.63) is 59.4 Å². The quantitative estimate of drug-likeness (QED) is 0.0633. The van der Waals surface area contributed by atoms with Crippen molar-refractivity contribution in [1.29, 1.82) is 0 Å². The molecule has 4 N–H and O–H groups in total. The number of oxime groups is 1. The molecular formula is C36H42FN7O14S. The maximum Gasteiger partial charge on any atom is 0.414 e. The SMILES string of the molecule is CC(=O)NC[C@H]1CN(c2ccc(N3CCOCC3)c(F)c2)C(=O)O1.CO/N=C(\C(=O)N[C@@H]1C(=O)N2C(C(=O)OC(C)OC(C)=O)=C(COC(N)=O)CS[C@H]12)c1ccoc1. The van der Waals surface area contributed by atoms with Crippen molar-refractivity contribution in [3.8, 4) is 0 Å². The van der Waals surface area contributed by atoms with E-state index in [1.54, 1.807) is 12.1 Å². The third kappa shape index (κ3) is 11.0. The van der Waals surface area contributed by atoms with Crippen LogP contribution in [0.2, 0.25) is 0 Å². The Balaban J connectivity index is 0.000000240. The van der Waals surface area contributed by atoms with Crippen LogP contribution in [0.15, 0.2) is 57.6 Å². The van der Waals surface area contributed by atoms with Crippen LogP contribution in [0.4, 0.5) is 25.4 Å². The van der Waals surface area contributed by atoms with Gasteiger partial charge in [-0.1, -0.05) is 5.16 Å². The Labute approximate surface area is 340 Å². The summed E-state index contributed by atoms with van der Waals surface area (Å²) in [5.74, 6) is -3.40. The van der Waals surface area contributed by atoms with Crippen LogP contribution in [0.5, 0.6) is 0 Å². The number of β-lactam (4-membered cyclic amide) rings is 1. The first-order chi connectivity index (χ1) is 28.2. The van der Waals surface area contributed by atoms with E-state index in [9.17, 15) is 38.0 Å². The second-order valence-electron chi connectivity index (χ2n) is 12.9. The predicted molar refractivity (Wildman–Crippen MR) is 203 cm³/mol. The summed E-state index contributed by atoms with van der Waals surface area (Å²) in [7, 11) is 1.26. The lowest BCUT2D eigenvalue weighted by Gasteiger charge is -2.49. The van der Waals surface area contributed by atoms with E-state index in [1.807, 2.05) is 4.90 Å². The average molecular weight is 848 g/mol. The van der Waals surface area contributed by atoms with Crippen LogP contribution in [0.1, 0.15) is 26.3 Å². The number of morpholine rings is 1. The summed E-state index contributed by atoms with van der Waals surface area (Å²) in [6.07, 6.45) is -0.667.